The molecule has 0 atom stereocenters. The van der Waals surface area contributed by atoms with Crippen molar-refractivity contribution in [3.8, 4) is 0 Å². The zero-order valence-corrected chi connectivity index (χ0v) is 7.46. The van der Waals surface area contributed by atoms with Gasteiger partial charge in [0.15, 0.2) is 0 Å². The van der Waals surface area contributed by atoms with E-state index < -0.39 is 0 Å². The average molecular weight is 175 g/mol. The molecule has 0 fully saturated rings. The third kappa shape index (κ3) is 1.18. The topological polar surface area (TPSA) is 12.9 Å². The van der Waals surface area contributed by atoms with Crippen molar-refractivity contribution in [3.63, 3.8) is 0 Å². The van der Waals surface area contributed by atoms with Crippen molar-refractivity contribution < 1.29 is 0 Å². The molecule has 1 aromatic carbocycles. The van der Waals surface area contributed by atoms with Gasteiger partial charge in [0.05, 0.1) is 5.69 Å². The van der Waals surface area contributed by atoms with E-state index in [2.05, 4.69) is 29.7 Å². The molecular formula is C10H9NS. The van der Waals surface area contributed by atoms with Gasteiger partial charge in [0.25, 0.3) is 0 Å². The first-order chi connectivity index (χ1) is 5.92. The van der Waals surface area contributed by atoms with Gasteiger partial charge in [0, 0.05) is 17.3 Å². The van der Waals surface area contributed by atoms with Crippen LogP contribution in [0.3, 0.4) is 0 Å². The second kappa shape index (κ2) is 3.15. The van der Waals surface area contributed by atoms with E-state index >= 15 is 0 Å². The first-order valence-corrected chi connectivity index (χ1v) is 4.48. The van der Waals surface area contributed by atoms with E-state index in [0.717, 1.165) is 5.69 Å². The standard InChI is InChI=1S/C10H9NS/c12-7-10-9-4-2-1-3-8(9)5-6-11-10/h1-6,12H,7H2. The molecule has 0 amide bonds. The molecule has 0 N–H and O–H groups in total. The van der Waals surface area contributed by atoms with Crippen LogP contribution in [-0.4, -0.2) is 4.98 Å². The summed E-state index contributed by atoms with van der Waals surface area (Å²) in [5, 5.41) is 2.44. The van der Waals surface area contributed by atoms with E-state index in [0.29, 0.717) is 5.75 Å². The Kier molecular flexibility index (Phi) is 2.00. The van der Waals surface area contributed by atoms with E-state index in [9.17, 15) is 0 Å². The summed E-state index contributed by atoms with van der Waals surface area (Å²) in [5.74, 6) is 0.696. The average Bonchev–Trinajstić information content (AvgIpc) is 2.17. The lowest BCUT2D eigenvalue weighted by atomic mass is 10.1. The van der Waals surface area contributed by atoms with Gasteiger partial charge in [-0.1, -0.05) is 24.3 Å². The predicted octanol–water partition coefficient (Wildman–Crippen LogP) is 2.66. The Morgan fingerprint density at radius 2 is 2.00 bits per heavy atom. The Morgan fingerprint density at radius 1 is 1.17 bits per heavy atom. The summed E-state index contributed by atoms with van der Waals surface area (Å²) >= 11 is 4.22. The van der Waals surface area contributed by atoms with Gasteiger partial charge in [0.2, 0.25) is 0 Å². The molecule has 1 aromatic heterocycles. The summed E-state index contributed by atoms with van der Waals surface area (Å²) in [6.45, 7) is 0. The fraction of sp³-hybridized carbons (Fsp3) is 0.100. The molecular weight excluding hydrogens is 166 g/mol. The summed E-state index contributed by atoms with van der Waals surface area (Å²) in [6.07, 6.45) is 1.83. The number of rotatable bonds is 1. The molecule has 2 aromatic rings. The SMILES string of the molecule is SCc1nccc2ccccc12. The van der Waals surface area contributed by atoms with Crippen LogP contribution >= 0.6 is 12.6 Å². The summed E-state index contributed by atoms with van der Waals surface area (Å²) in [4.78, 5) is 4.25. The molecule has 1 heterocycles. The molecule has 2 rings (SSSR count). The van der Waals surface area contributed by atoms with Crippen LogP contribution in [0.2, 0.25) is 0 Å². The molecule has 0 aliphatic rings. The van der Waals surface area contributed by atoms with Crippen LogP contribution < -0.4 is 0 Å². The predicted molar refractivity (Wildman–Crippen MR) is 54.4 cm³/mol. The van der Waals surface area contributed by atoms with Crippen LogP contribution in [0.1, 0.15) is 5.69 Å². The van der Waals surface area contributed by atoms with Crippen LogP contribution in [0.15, 0.2) is 36.5 Å². The zero-order valence-electron chi connectivity index (χ0n) is 6.57. The molecule has 0 bridgehead atoms. The van der Waals surface area contributed by atoms with Crippen molar-refractivity contribution in [2.24, 2.45) is 0 Å². The second-order valence-corrected chi connectivity index (χ2v) is 2.95. The van der Waals surface area contributed by atoms with Crippen LogP contribution in [-0.2, 0) is 5.75 Å². The molecule has 2 heteroatoms. The molecule has 0 saturated heterocycles. The van der Waals surface area contributed by atoms with Crippen molar-refractivity contribution in [2.75, 3.05) is 0 Å². The summed E-state index contributed by atoms with van der Waals surface area (Å²) in [6, 6.07) is 10.2. The van der Waals surface area contributed by atoms with Crippen molar-refractivity contribution in [1.29, 1.82) is 0 Å². The number of aromatic nitrogens is 1. The fourth-order valence-corrected chi connectivity index (χ4v) is 1.56. The molecule has 0 aliphatic heterocycles. The Hall–Kier alpha value is -1.02. The van der Waals surface area contributed by atoms with Crippen molar-refractivity contribution >= 4 is 23.4 Å². The Bertz CT molecular complexity index is 392. The molecule has 60 valence electrons. The van der Waals surface area contributed by atoms with Crippen molar-refractivity contribution in [3.05, 3.63) is 42.2 Å². The largest absolute Gasteiger partial charge is 0.260 e. The lowest BCUT2D eigenvalue weighted by Gasteiger charge is -2.00. The molecule has 0 aliphatic carbocycles. The van der Waals surface area contributed by atoms with Gasteiger partial charge in [-0.25, -0.2) is 0 Å². The lowest BCUT2D eigenvalue weighted by molar-refractivity contribution is 1.21. The Balaban J connectivity index is 2.79. The molecule has 1 nitrogen and oxygen atoms in total. The molecule has 0 spiro atoms. The van der Waals surface area contributed by atoms with Crippen LogP contribution in [0.4, 0.5) is 0 Å². The van der Waals surface area contributed by atoms with E-state index in [-0.39, 0.29) is 0 Å². The maximum Gasteiger partial charge on any atom is 0.0578 e. The highest BCUT2D eigenvalue weighted by Crippen LogP contribution is 2.16. The minimum absolute atomic E-state index is 0.696. The monoisotopic (exact) mass is 175 g/mol. The number of fused-ring (bicyclic) bond motifs is 1. The van der Waals surface area contributed by atoms with Gasteiger partial charge < -0.3 is 0 Å². The van der Waals surface area contributed by atoms with Crippen molar-refractivity contribution in [2.45, 2.75) is 5.75 Å². The first-order valence-electron chi connectivity index (χ1n) is 3.85. The number of thiol groups is 1. The van der Waals surface area contributed by atoms with Crippen LogP contribution in [0.5, 0.6) is 0 Å². The minimum Gasteiger partial charge on any atom is -0.260 e. The summed E-state index contributed by atoms with van der Waals surface area (Å²) in [7, 11) is 0. The molecule has 0 unspecified atom stereocenters. The van der Waals surface area contributed by atoms with Crippen LogP contribution in [0.25, 0.3) is 10.8 Å². The highest BCUT2D eigenvalue weighted by atomic mass is 32.1. The number of hydrogen-bond donors (Lipinski definition) is 1. The smallest absolute Gasteiger partial charge is 0.0578 e. The normalized spacial score (nSPS) is 10.4. The number of pyridine rings is 1. The molecule has 0 radical (unpaired) electrons. The highest BCUT2D eigenvalue weighted by molar-refractivity contribution is 7.79. The van der Waals surface area contributed by atoms with E-state index in [1.54, 1.807) is 0 Å². The Morgan fingerprint density at radius 3 is 2.83 bits per heavy atom. The van der Waals surface area contributed by atoms with Gasteiger partial charge in [-0.3, -0.25) is 4.98 Å². The summed E-state index contributed by atoms with van der Waals surface area (Å²) < 4.78 is 0. The third-order valence-corrected chi connectivity index (χ3v) is 2.21. The number of benzene rings is 1. The number of hydrogen-bond acceptors (Lipinski definition) is 2. The van der Waals surface area contributed by atoms with Gasteiger partial charge in [0.1, 0.15) is 0 Å². The second-order valence-electron chi connectivity index (χ2n) is 2.64. The fourth-order valence-electron chi connectivity index (χ4n) is 1.31. The molecule has 0 saturated carbocycles. The van der Waals surface area contributed by atoms with E-state index in [4.69, 9.17) is 0 Å². The minimum atomic E-state index is 0.696. The first kappa shape index (κ1) is 7.62. The van der Waals surface area contributed by atoms with Crippen LogP contribution in [0, 0.1) is 0 Å². The highest BCUT2D eigenvalue weighted by Gasteiger charge is 1.97. The Labute approximate surface area is 76.9 Å². The van der Waals surface area contributed by atoms with Gasteiger partial charge in [-0.2, -0.15) is 12.6 Å². The van der Waals surface area contributed by atoms with Gasteiger partial charge in [-0.15, -0.1) is 0 Å². The van der Waals surface area contributed by atoms with Gasteiger partial charge in [-0.05, 0) is 11.5 Å². The van der Waals surface area contributed by atoms with E-state index in [1.165, 1.54) is 10.8 Å². The summed E-state index contributed by atoms with van der Waals surface area (Å²) in [5.41, 5.74) is 1.05. The molecule has 12 heavy (non-hydrogen) atoms. The lowest BCUT2D eigenvalue weighted by Crippen LogP contribution is -1.85. The third-order valence-electron chi connectivity index (χ3n) is 1.91. The maximum atomic E-state index is 4.25. The van der Waals surface area contributed by atoms with Gasteiger partial charge >= 0.3 is 0 Å². The van der Waals surface area contributed by atoms with Crippen molar-refractivity contribution in [1.82, 2.24) is 4.98 Å². The number of nitrogens with zero attached hydrogens (tertiary/aromatic N) is 1. The maximum absolute atomic E-state index is 4.25. The van der Waals surface area contributed by atoms with E-state index in [1.807, 2.05) is 24.4 Å². The quantitative estimate of drug-likeness (QED) is 0.657. The zero-order chi connectivity index (χ0) is 8.39.